The third-order valence-corrected chi connectivity index (χ3v) is 1.08. The number of aliphatic hydroxyl groups is 1. The zero-order chi connectivity index (χ0) is 12.3. The third kappa shape index (κ3) is 15.2. The summed E-state index contributed by atoms with van der Waals surface area (Å²) in [5.74, 6) is -1.48. The lowest BCUT2D eigenvalue weighted by molar-refractivity contribution is -0.161. The molecule has 5 heteroatoms. The number of hydrogen-bond acceptors (Lipinski definition) is 4. The minimum atomic E-state index is -0.990. The van der Waals surface area contributed by atoms with Crippen LogP contribution in [0.2, 0.25) is 0 Å². The van der Waals surface area contributed by atoms with E-state index in [2.05, 4.69) is 11.3 Å². The summed E-state index contributed by atoms with van der Waals surface area (Å²) in [5.41, 5.74) is 0. The number of hydrogen-bond donors (Lipinski definition) is 2. The molecule has 0 rings (SSSR count). The SMILES string of the molecule is C/C=C/C(=O)O.C=CC(=O)OC(O)CC. The highest BCUT2D eigenvalue weighted by Crippen LogP contribution is 1.92. The van der Waals surface area contributed by atoms with Gasteiger partial charge in [-0.05, 0) is 6.92 Å². The average Bonchev–Trinajstić information content (AvgIpc) is 2.18. The summed E-state index contributed by atoms with van der Waals surface area (Å²) in [7, 11) is 0. The summed E-state index contributed by atoms with van der Waals surface area (Å²) in [6.07, 6.45) is 2.98. The van der Waals surface area contributed by atoms with Gasteiger partial charge in [-0.15, -0.1) is 0 Å². The van der Waals surface area contributed by atoms with E-state index >= 15 is 0 Å². The molecule has 0 spiro atoms. The Balaban J connectivity index is 0. The molecule has 86 valence electrons. The van der Waals surface area contributed by atoms with Crippen LogP contribution >= 0.6 is 0 Å². The van der Waals surface area contributed by atoms with E-state index in [9.17, 15) is 9.59 Å². The molecule has 0 saturated heterocycles. The predicted octanol–water partition coefficient (Wildman–Crippen LogP) is 1.09. The molecule has 0 aliphatic rings. The van der Waals surface area contributed by atoms with Crippen LogP contribution in [0.1, 0.15) is 20.3 Å². The molecule has 5 nitrogen and oxygen atoms in total. The van der Waals surface area contributed by atoms with Crippen molar-refractivity contribution in [2.75, 3.05) is 0 Å². The lowest BCUT2D eigenvalue weighted by Gasteiger charge is -2.05. The number of carboxylic acid groups (broad SMARTS) is 1. The van der Waals surface area contributed by atoms with E-state index in [-0.39, 0.29) is 0 Å². The normalized spacial score (nSPS) is 11.1. The van der Waals surface area contributed by atoms with Gasteiger partial charge in [0.1, 0.15) is 0 Å². The van der Waals surface area contributed by atoms with Crippen LogP contribution in [0.4, 0.5) is 0 Å². The van der Waals surface area contributed by atoms with E-state index in [1.807, 2.05) is 0 Å². The van der Waals surface area contributed by atoms with Crippen LogP contribution in [0.15, 0.2) is 24.8 Å². The molecule has 0 aromatic rings. The van der Waals surface area contributed by atoms with Gasteiger partial charge in [-0.1, -0.05) is 19.6 Å². The molecule has 0 radical (unpaired) electrons. The molecular formula is C10H16O5. The molecule has 0 bridgehead atoms. The van der Waals surface area contributed by atoms with E-state index in [4.69, 9.17) is 10.2 Å². The first-order valence-corrected chi connectivity index (χ1v) is 4.34. The van der Waals surface area contributed by atoms with Crippen LogP contribution in [0.25, 0.3) is 0 Å². The molecular weight excluding hydrogens is 200 g/mol. The lowest BCUT2D eigenvalue weighted by atomic mass is 10.5. The summed E-state index contributed by atoms with van der Waals surface area (Å²) in [6.45, 7) is 6.53. The highest BCUT2D eigenvalue weighted by Gasteiger charge is 2.02. The smallest absolute Gasteiger partial charge is 0.332 e. The predicted molar refractivity (Wildman–Crippen MR) is 55.0 cm³/mol. The summed E-state index contributed by atoms with van der Waals surface area (Å²) < 4.78 is 4.35. The number of rotatable bonds is 4. The van der Waals surface area contributed by atoms with Gasteiger partial charge in [0, 0.05) is 18.6 Å². The molecule has 0 amide bonds. The van der Waals surface area contributed by atoms with E-state index in [1.165, 1.54) is 6.08 Å². The maximum Gasteiger partial charge on any atom is 0.332 e. The van der Waals surface area contributed by atoms with Crippen molar-refractivity contribution in [1.29, 1.82) is 0 Å². The second kappa shape index (κ2) is 10.5. The van der Waals surface area contributed by atoms with E-state index in [0.29, 0.717) is 6.42 Å². The summed E-state index contributed by atoms with van der Waals surface area (Å²) in [5, 5.41) is 16.5. The van der Waals surface area contributed by atoms with Crippen LogP contribution in [-0.4, -0.2) is 28.4 Å². The Morgan fingerprint density at radius 3 is 2.27 bits per heavy atom. The van der Waals surface area contributed by atoms with Crippen molar-refractivity contribution in [3.05, 3.63) is 24.8 Å². The molecule has 0 saturated carbocycles. The first kappa shape index (κ1) is 15.8. The quantitative estimate of drug-likeness (QED) is 0.417. The van der Waals surface area contributed by atoms with Crippen molar-refractivity contribution in [3.8, 4) is 0 Å². The first-order chi connectivity index (χ1) is 6.97. The molecule has 15 heavy (non-hydrogen) atoms. The number of allylic oxidation sites excluding steroid dienone is 1. The van der Waals surface area contributed by atoms with Gasteiger partial charge in [0.25, 0.3) is 0 Å². The van der Waals surface area contributed by atoms with Gasteiger partial charge in [0.15, 0.2) is 0 Å². The third-order valence-electron chi connectivity index (χ3n) is 1.08. The minimum Gasteiger partial charge on any atom is -0.478 e. The van der Waals surface area contributed by atoms with Crippen LogP contribution in [-0.2, 0) is 14.3 Å². The lowest BCUT2D eigenvalue weighted by Crippen LogP contribution is -2.14. The number of aliphatic carboxylic acids is 1. The molecule has 0 aliphatic heterocycles. The van der Waals surface area contributed by atoms with E-state index < -0.39 is 18.2 Å². The standard InChI is InChI=1S/C6H10O3.C4H6O2/c1-3-5(7)9-6(8)4-2;1-2-3-4(5)6/h3,6,8H,1,4H2,2H3;2-3H,1H3,(H,5,6)/b;3-2+. The number of carboxylic acids is 1. The Bertz CT molecular complexity index is 232. The Labute approximate surface area is 88.7 Å². The highest BCUT2D eigenvalue weighted by molar-refractivity contribution is 5.81. The zero-order valence-electron chi connectivity index (χ0n) is 8.84. The maximum absolute atomic E-state index is 10.3. The Hall–Kier alpha value is -1.62. The van der Waals surface area contributed by atoms with Crippen molar-refractivity contribution < 1.29 is 24.5 Å². The maximum atomic E-state index is 10.3. The van der Waals surface area contributed by atoms with Crippen molar-refractivity contribution in [2.45, 2.75) is 26.6 Å². The van der Waals surface area contributed by atoms with Gasteiger partial charge < -0.3 is 14.9 Å². The van der Waals surface area contributed by atoms with Gasteiger partial charge in [-0.25, -0.2) is 9.59 Å². The van der Waals surface area contributed by atoms with Crippen LogP contribution in [0.3, 0.4) is 0 Å². The fourth-order valence-electron chi connectivity index (χ4n) is 0.408. The monoisotopic (exact) mass is 216 g/mol. The van der Waals surface area contributed by atoms with Crippen molar-refractivity contribution in [3.63, 3.8) is 0 Å². The van der Waals surface area contributed by atoms with E-state index in [0.717, 1.165) is 12.2 Å². The Morgan fingerprint density at radius 1 is 1.53 bits per heavy atom. The van der Waals surface area contributed by atoms with Gasteiger partial charge >= 0.3 is 11.9 Å². The fraction of sp³-hybridized carbons (Fsp3) is 0.400. The topological polar surface area (TPSA) is 83.8 Å². The molecule has 2 N–H and O–H groups in total. The number of aliphatic hydroxyl groups excluding tert-OH is 1. The zero-order valence-corrected chi connectivity index (χ0v) is 8.84. The molecule has 1 atom stereocenters. The van der Waals surface area contributed by atoms with Crippen molar-refractivity contribution in [2.24, 2.45) is 0 Å². The molecule has 0 heterocycles. The molecule has 1 unspecified atom stereocenters. The Kier molecular flexibility index (Phi) is 11.0. The van der Waals surface area contributed by atoms with Gasteiger partial charge in [-0.3, -0.25) is 0 Å². The largest absolute Gasteiger partial charge is 0.478 e. The van der Waals surface area contributed by atoms with Gasteiger partial charge in [0.05, 0.1) is 0 Å². The van der Waals surface area contributed by atoms with Crippen molar-refractivity contribution in [1.82, 2.24) is 0 Å². The molecule has 0 aliphatic carbocycles. The number of carbonyl (C=O) groups is 2. The summed E-state index contributed by atoms with van der Waals surface area (Å²) >= 11 is 0. The summed E-state index contributed by atoms with van der Waals surface area (Å²) in [4.78, 5) is 19.8. The van der Waals surface area contributed by atoms with Gasteiger partial charge in [-0.2, -0.15) is 0 Å². The van der Waals surface area contributed by atoms with Gasteiger partial charge in [0.2, 0.25) is 6.29 Å². The molecule has 0 aromatic heterocycles. The minimum absolute atomic E-state index is 0.402. The van der Waals surface area contributed by atoms with Crippen LogP contribution in [0, 0.1) is 0 Å². The highest BCUT2D eigenvalue weighted by atomic mass is 16.6. The first-order valence-electron chi connectivity index (χ1n) is 4.34. The Morgan fingerprint density at radius 2 is 2.07 bits per heavy atom. The van der Waals surface area contributed by atoms with Crippen molar-refractivity contribution >= 4 is 11.9 Å². The summed E-state index contributed by atoms with van der Waals surface area (Å²) in [6, 6.07) is 0. The number of esters is 1. The average molecular weight is 216 g/mol. The molecule has 0 aromatic carbocycles. The second-order valence-corrected chi connectivity index (χ2v) is 2.34. The number of ether oxygens (including phenoxy) is 1. The fourth-order valence-corrected chi connectivity index (χ4v) is 0.408. The molecule has 0 fully saturated rings. The second-order valence-electron chi connectivity index (χ2n) is 2.34. The number of carbonyl (C=O) groups excluding carboxylic acids is 1. The van der Waals surface area contributed by atoms with Crippen LogP contribution in [0.5, 0.6) is 0 Å². The van der Waals surface area contributed by atoms with Crippen LogP contribution < -0.4 is 0 Å². The van der Waals surface area contributed by atoms with E-state index in [1.54, 1.807) is 13.8 Å².